The van der Waals surface area contributed by atoms with Crippen molar-refractivity contribution in [2.45, 2.75) is 31.8 Å². The molecule has 0 aliphatic carbocycles. The Morgan fingerprint density at radius 3 is 2.36 bits per heavy atom. The van der Waals surface area contributed by atoms with Gasteiger partial charge >= 0.3 is 0 Å². The molecule has 0 aromatic heterocycles. The summed E-state index contributed by atoms with van der Waals surface area (Å²) in [6.45, 7) is 5.82. The summed E-state index contributed by atoms with van der Waals surface area (Å²) in [6, 6.07) is 6.06. The van der Waals surface area contributed by atoms with E-state index in [9.17, 15) is 14.0 Å². The highest BCUT2D eigenvalue weighted by Crippen LogP contribution is 2.25. The molecule has 0 saturated carbocycles. The Kier molecular flexibility index (Phi) is 6.30. The average Bonchev–Trinajstić information content (AvgIpc) is 2.74. The number of hydrogen-bond acceptors (Lipinski definition) is 4. The molecule has 28 heavy (non-hydrogen) atoms. The van der Waals surface area contributed by atoms with E-state index in [4.69, 9.17) is 10.00 Å². The summed E-state index contributed by atoms with van der Waals surface area (Å²) in [5, 5.41) is 8.80. The van der Waals surface area contributed by atoms with Crippen LogP contribution in [-0.4, -0.2) is 53.9 Å². The van der Waals surface area contributed by atoms with E-state index in [0.29, 0.717) is 51.9 Å². The van der Waals surface area contributed by atoms with E-state index in [1.165, 1.54) is 18.2 Å². The van der Waals surface area contributed by atoms with Crippen LogP contribution in [0.2, 0.25) is 0 Å². The summed E-state index contributed by atoms with van der Waals surface area (Å²) >= 11 is 0. The lowest BCUT2D eigenvalue weighted by atomic mass is 9.94. The first-order valence-corrected chi connectivity index (χ1v) is 9.58. The van der Waals surface area contributed by atoms with Crippen LogP contribution in [0.1, 0.15) is 31.2 Å². The molecule has 3 rings (SSSR count). The number of ether oxygens (including phenoxy) is 1. The third kappa shape index (κ3) is 4.50. The van der Waals surface area contributed by atoms with Gasteiger partial charge in [-0.3, -0.25) is 9.59 Å². The molecule has 1 aromatic rings. The molecule has 0 bridgehead atoms. The largest absolute Gasteiger partial charge is 0.487 e. The SMILES string of the molecule is C=CC(=O)N1CCC(C(=O)N2CCC(Oc3ccc(C#N)cc3F)CC2)CC1. The van der Waals surface area contributed by atoms with Crippen LogP contribution in [0.4, 0.5) is 4.39 Å². The number of amides is 2. The van der Waals surface area contributed by atoms with Crippen molar-refractivity contribution in [3.05, 3.63) is 42.2 Å². The topological polar surface area (TPSA) is 73.6 Å². The maximum atomic E-state index is 14.0. The minimum absolute atomic E-state index is 0.0534. The summed E-state index contributed by atoms with van der Waals surface area (Å²) in [5.41, 5.74) is 0.256. The molecule has 0 radical (unpaired) electrons. The van der Waals surface area contributed by atoms with Crippen LogP contribution < -0.4 is 4.74 Å². The summed E-state index contributed by atoms with van der Waals surface area (Å²) in [6.07, 6.45) is 3.77. The predicted molar refractivity (Wildman–Crippen MR) is 101 cm³/mol. The minimum atomic E-state index is -0.543. The minimum Gasteiger partial charge on any atom is -0.487 e. The molecule has 2 aliphatic rings. The van der Waals surface area contributed by atoms with Gasteiger partial charge in [0.2, 0.25) is 11.8 Å². The Bertz CT molecular complexity index is 789. The van der Waals surface area contributed by atoms with Crippen LogP contribution in [0.15, 0.2) is 30.9 Å². The fraction of sp³-hybridized carbons (Fsp3) is 0.476. The fourth-order valence-corrected chi connectivity index (χ4v) is 3.77. The van der Waals surface area contributed by atoms with Gasteiger partial charge in [0.25, 0.3) is 0 Å². The lowest BCUT2D eigenvalue weighted by Gasteiger charge is -2.37. The highest BCUT2D eigenvalue weighted by atomic mass is 19.1. The standard InChI is InChI=1S/C21H24FN3O3/c1-2-20(26)24-9-5-16(6-10-24)21(27)25-11-7-17(8-12-25)28-19-4-3-15(14-23)13-18(19)22/h2-4,13,16-17H,1,5-12H2. The first-order valence-electron chi connectivity index (χ1n) is 9.58. The van der Waals surface area contributed by atoms with E-state index in [0.717, 1.165) is 6.07 Å². The van der Waals surface area contributed by atoms with Crippen LogP contribution in [0.5, 0.6) is 5.75 Å². The van der Waals surface area contributed by atoms with Crippen molar-refractivity contribution in [3.8, 4) is 11.8 Å². The number of carbonyl (C=O) groups excluding carboxylic acids is 2. The molecule has 7 heteroatoms. The van der Waals surface area contributed by atoms with Gasteiger partial charge in [0.1, 0.15) is 6.10 Å². The highest BCUT2D eigenvalue weighted by Gasteiger charge is 2.32. The second-order valence-corrected chi connectivity index (χ2v) is 7.20. The van der Waals surface area contributed by atoms with Gasteiger partial charge in [0, 0.05) is 44.9 Å². The predicted octanol–water partition coefficient (Wildman–Crippen LogP) is 2.49. The van der Waals surface area contributed by atoms with Gasteiger partial charge in [-0.2, -0.15) is 5.26 Å². The van der Waals surface area contributed by atoms with E-state index < -0.39 is 5.82 Å². The lowest BCUT2D eigenvalue weighted by molar-refractivity contribution is -0.141. The normalized spacial score (nSPS) is 18.4. The molecular formula is C21H24FN3O3. The quantitative estimate of drug-likeness (QED) is 0.747. The molecule has 0 atom stereocenters. The molecule has 2 aliphatic heterocycles. The number of benzene rings is 1. The molecule has 1 aromatic carbocycles. The van der Waals surface area contributed by atoms with E-state index in [-0.39, 0.29) is 35.1 Å². The zero-order valence-corrected chi connectivity index (χ0v) is 15.8. The second kappa shape index (κ2) is 8.87. The fourth-order valence-electron chi connectivity index (χ4n) is 3.77. The molecule has 148 valence electrons. The average molecular weight is 385 g/mol. The number of nitrogens with zero attached hydrogens (tertiary/aromatic N) is 3. The Labute approximate surface area is 164 Å². The monoisotopic (exact) mass is 385 g/mol. The van der Waals surface area contributed by atoms with Crippen LogP contribution in [0, 0.1) is 23.1 Å². The third-order valence-electron chi connectivity index (χ3n) is 5.44. The van der Waals surface area contributed by atoms with E-state index >= 15 is 0 Å². The highest BCUT2D eigenvalue weighted by molar-refractivity contribution is 5.87. The first-order chi connectivity index (χ1) is 13.5. The molecule has 2 fully saturated rings. The Morgan fingerprint density at radius 1 is 1.14 bits per heavy atom. The first kappa shape index (κ1) is 19.9. The van der Waals surface area contributed by atoms with Gasteiger partial charge in [0.15, 0.2) is 11.6 Å². The van der Waals surface area contributed by atoms with E-state index in [2.05, 4.69) is 6.58 Å². The number of likely N-dealkylation sites (tertiary alicyclic amines) is 2. The van der Waals surface area contributed by atoms with Crippen LogP contribution in [0.3, 0.4) is 0 Å². The van der Waals surface area contributed by atoms with Crippen LogP contribution in [-0.2, 0) is 9.59 Å². The summed E-state index contributed by atoms with van der Waals surface area (Å²) < 4.78 is 19.7. The van der Waals surface area contributed by atoms with E-state index in [1.54, 1.807) is 4.90 Å². The van der Waals surface area contributed by atoms with Gasteiger partial charge in [-0.1, -0.05) is 6.58 Å². The van der Waals surface area contributed by atoms with Crippen molar-refractivity contribution in [1.29, 1.82) is 5.26 Å². The van der Waals surface area contributed by atoms with Gasteiger partial charge in [-0.25, -0.2) is 4.39 Å². The summed E-state index contributed by atoms with van der Waals surface area (Å²) in [7, 11) is 0. The third-order valence-corrected chi connectivity index (χ3v) is 5.44. The van der Waals surface area contributed by atoms with Crippen molar-refractivity contribution in [1.82, 2.24) is 9.80 Å². The molecule has 6 nitrogen and oxygen atoms in total. The number of halogens is 1. The van der Waals surface area contributed by atoms with Crippen LogP contribution >= 0.6 is 0 Å². The molecular weight excluding hydrogens is 361 g/mol. The lowest BCUT2D eigenvalue weighted by Crippen LogP contribution is -2.47. The van der Waals surface area contributed by atoms with Gasteiger partial charge < -0.3 is 14.5 Å². The molecule has 0 unspecified atom stereocenters. The zero-order valence-electron chi connectivity index (χ0n) is 15.8. The van der Waals surface area contributed by atoms with E-state index in [1.807, 2.05) is 11.0 Å². The number of nitriles is 1. The molecule has 0 spiro atoms. The van der Waals surface area contributed by atoms with Gasteiger partial charge in [-0.05, 0) is 37.1 Å². The number of piperidine rings is 2. The molecule has 2 saturated heterocycles. The number of rotatable bonds is 4. The van der Waals surface area contributed by atoms with Crippen molar-refractivity contribution < 1.29 is 18.7 Å². The molecule has 2 heterocycles. The van der Waals surface area contributed by atoms with Crippen molar-refractivity contribution in [3.63, 3.8) is 0 Å². The maximum Gasteiger partial charge on any atom is 0.245 e. The number of carbonyl (C=O) groups is 2. The number of hydrogen-bond donors (Lipinski definition) is 0. The summed E-state index contributed by atoms with van der Waals surface area (Å²) in [4.78, 5) is 28.0. The zero-order chi connectivity index (χ0) is 20.1. The molecule has 0 N–H and O–H groups in total. The Balaban J connectivity index is 1.47. The molecule has 2 amide bonds. The van der Waals surface area contributed by atoms with Gasteiger partial charge in [0.05, 0.1) is 11.6 Å². The Hall–Kier alpha value is -2.88. The second-order valence-electron chi connectivity index (χ2n) is 7.20. The van der Waals surface area contributed by atoms with Crippen LogP contribution in [0.25, 0.3) is 0 Å². The smallest absolute Gasteiger partial charge is 0.245 e. The van der Waals surface area contributed by atoms with Crippen molar-refractivity contribution in [2.75, 3.05) is 26.2 Å². The van der Waals surface area contributed by atoms with Crippen molar-refractivity contribution >= 4 is 11.8 Å². The Morgan fingerprint density at radius 2 is 1.79 bits per heavy atom. The maximum absolute atomic E-state index is 14.0. The van der Waals surface area contributed by atoms with Crippen molar-refractivity contribution in [2.24, 2.45) is 5.92 Å². The van der Waals surface area contributed by atoms with Gasteiger partial charge in [-0.15, -0.1) is 0 Å². The summed E-state index contributed by atoms with van der Waals surface area (Å²) in [5.74, 6) is -0.406.